The van der Waals surface area contributed by atoms with Crippen LogP contribution in [0.1, 0.15) is 45.6 Å². The number of rotatable bonds is 11. The summed E-state index contributed by atoms with van der Waals surface area (Å²) in [6.07, 6.45) is 2.19. The minimum Gasteiger partial charge on any atom is -0.466 e. The molecule has 166 valence electrons. The highest BCUT2D eigenvalue weighted by Crippen LogP contribution is 2.41. The van der Waals surface area contributed by atoms with Crippen molar-refractivity contribution in [3.63, 3.8) is 0 Å². The van der Waals surface area contributed by atoms with Gasteiger partial charge in [0.1, 0.15) is 0 Å². The fraction of sp³-hybridized carbons (Fsp3) is 0.571. The van der Waals surface area contributed by atoms with Crippen LogP contribution >= 0.6 is 0 Å². The Hall–Kier alpha value is -2.81. The normalized spacial score (nSPS) is 14.7. The Kier molecular flexibility index (Phi) is 8.46. The average Bonchev–Trinajstić information content (AvgIpc) is 3.08. The van der Waals surface area contributed by atoms with Gasteiger partial charge < -0.3 is 29.4 Å². The minimum atomic E-state index is -2.34. The minimum absolute atomic E-state index is 0.0392. The Labute approximate surface area is 175 Å². The summed E-state index contributed by atoms with van der Waals surface area (Å²) in [6, 6.07) is 4.44. The first kappa shape index (κ1) is 23.5. The Morgan fingerprint density at radius 3 is 2.23 bits per heavy atom. The first-order chi connectivity index (χ1) is 14.4. The quantitative estimate of drug-likeness (QED) is 0.246. The maximum absolute atomic E-state index is 12.4. The van der Waals surface area contributed by atoms with Crippen molar-refractivity contribution in [3.05, 3.63) is 23.8 Å². The van der Waals surface area contributed by atoms with Crippen LogP contribution in [0, 0.1) is 0 Å². The molecule has 0 amide bonds. The Morgan fingerprint density at radius 2 is 1.63 bits per heavy atom. The van der Waals surface area contributed by atoms with Gasteiger partial charge in [-0.1, -0.05) is 19.4 Å². The van der Waals surface area contributed by atoms with Gasteiger partial charge in [0.05, 0.1) is 26.2 Å². The molecule has 1 heterocycles. The summed E-state index contributed by atoms with van der Waals surface area (Å²) in [7, 11) is 0. The maximum Gasteiger partial charge on any atom is 0.453 e. The summed E-state index contributed by atoms with van der Waals surface area (Å²) in [5, 5.41) is 0. The van der Waals surface area contributed by atoms with Gasteiger partial charge >= 0.3 is 23.7 Å². The molecule has 2 rings (SSSR count). The topological polar surface area (TPSA) is 123 Å². The van der Waals surface area contributed by atoms with E-state index in [0.29, 0.717) is 13.0 Å². The Balaban J connectivity index is 2.08. The molecule has 9 heteroatoms. The molecule has 0 spiro atoms. The number of benzene rings is 1. The summed E-state index contributed by atoms with van der Waals surface area (Å²) in [6.45, 7) is 5.68. The van der Waals surface area contributed by atoms with Crippen molar-refractivity contribution in [3.8, 4) is 11.5 Å². The van der Waals surface area contributed by atoms with E-state index in [2.05, 4.69) is 0 Å². The second kappa shape index (κ2) is 10.8. The zero-order valence-electron chi connectivity index (χ0n) is 17.6. The van der Waals surface area contributed by atoms with Crippen LogP contribution in [0.3, 0.4) is 0 Å². The molecule has 0 aliphatic carbocycles. The fourth-order valence-electron chi connectivity index (χ4n) is 2.85. The number of hydrogen-bond donors (Lipinski definition) is 1. The summed E-state index contributed by atoms with van der Waals surface area (Å²) < 4.78 is 26.1. The lowest BCUT2D eigenvalue weighted by Crippen LogP contribution is -2.55. The van der Waals surface area contributed by atoms with Crippen LogP contribution in [0.15, 0.2) is 18.2 Å². The molecule has 0 saturated carbocycles. The van der Waals surface area contributed by atoms with E-state index in [1.165, 1.54) is 0 Å². The number of hydrogen-bond acceptors (Lipinski definition) is 9. The van der Waals surface area contributed by atoms with Crippen LogP contribution in [-0.2, 0) is 35.0 Å². The first-order valence-electron chi connectivity index (χ1n) is 10.1. The van der Waals surface area contributed by atoms with E-state index in [-0.39, 0.29) is 37.1 Å². The SMILES string of the molecule is CCCCOC(=O)CC(N)Cc1ccc2c(c1)OC(C(=O)OCC)(C(=O)OCC)O2. The lowest BCUT2D eigenvalue weighted by molar-refractivity contribution is -0.202. The zero-order chi connectivity index (χ0) is 22.1. The van der Waals surface area contributed by atoms with Crippen molar-refractivity contribution in [1.29, 1.82) is 0 Å². The average molecular weight is 423 g/mol. The molecule has 1 aliphatic heterocycles. The zero-order valence-corrected chi connectivity index (χ0v) is 17.6. The molecule has 1 aromatic rings. The molecule has 1 atom stereocenters. The van der Waals surface area contributed by atoms with Crippen LogP contribution in [-0.4, -0.2) is 49.6 Å². The molecule has 1 unspecified atom stereocenters. The third-order valence-corrected chi connectivity index (χ3v) is 4.29. The van der Waals surface area contributed by atoms with E-state index in [0.717, 1.165) is 18.4 Å². The highest BCUT2D eigenvalue weighted by molar-refractivity contribution is 6.03. The fourth-order valence-corrected chi connectivity index (χ4v) is 2.85. The highest BCUT2D eigenvalue weighted by Gasteiger charge is 2.59. The number of fused-ring (bicyclic) bond motifs is 1. The summed E-state index contributed by atoms with van der Waals surface area (Å²) in [4.78, 5) is 36.6. The van der Waals surface area contributed by atoms with Gasteiger partial charge in [0, 0.05) is 6.04 Å². The molecular weight excluding hydrogens is 394 g/mol. The van der Waals surface area contributed by atoms with E-state index in [1.807, 2.05) is 6.92 Å². The number of carbonyl (C=O) groups excluding carboxylic acids is 3. The van der Waals surface area contributed by atoms with Crippen molar-refractivity contribution in [1.82, 2.24) is 0 Å². The Morgan fingerprint density at radius 1 is 1.00 bits per heavy atom. The van der Waals surface area contributed by atoms with Gasteiger partial charge in [-0.2, -0.15) is 0 Å². The van der Waals surface area contributed by atoms with E-state index in [9.17, 15) is 14.4 Å². The van der Waals surface area contributed by atoms with Crippen molar-refractivity contribution >= 4 is 17.9 Å². The standard InChI is InChI=1S/C21H29NO8/c1-4-7-10-28-18(23)13-15(22)11-14-8-9-16-17(12-14)30-21(29-16,19(24)26-5-2)20(25)27-6-3/h8-9,12,15H,4-7,10-11,13,22H2,1-3H3. The maximum atomic E-state index is 12.4. The van der Waals surface area contributed by atoms with Crippen LogP contribution in [0.25, 0.3) is 0 Å². The van der Waals surface area contributed by atoms with Crippen LogP contribution in [0.5, 0.6) is 11.5 Å². The highest BCUT2D eigenvalue weighted by atomic mass is 16.8. The molecule has 0 fully saturated rings. The smallest absolute Gasteiger partial charge is 0.453 e. The molecule has 0 bridgehead atoms. The van der Waals surface area contributed by atoms with Crippen molar-refractivity contribution in [2.45, 2.75) is 58.3 Å². The lowest BCUT2D eigenvalue weighted by atomic mass is 10.0. The first-order valence-corrected chi connectivity index (χ1v) is 10.1. The molecule has 0 saturated heterocycles. The predicted octanol–water partition coefficient (Wildman–Crippen LogP) is 1.88. The molecule has 9 nitrogen and oxygen atoms in total. The van der Waals surface area contributed by atoms with Gasteiger partial charge in [0.25, 0.3) is 0 Å². The molecule has 1 aromatic carbocycles. The molecule has 2 N–H and O–H groups in total. The van der Waals surface area contributed by atoms with Crippen molar-refractivity contribution in [2.75, 3.05) is 19.8 Å². The van der Waals surface area contributed by atoms with Gasteiger partial charge in [0.15, 0.2) is 11.5 Å². The second-order valence-corrected chi connectivity index (χ2v) is 6.79. The molecule has 1 aliphatic rings. The lowest BCUT2D eigenvalue weighted by Gasteiger charge is -2.22. The third-order valence-electron chi connectivity index (χ3n) is 4.29. The van der Waals surface area contributed by atoms with E-state index in [1.54, 1.807) is 32.0 Å². The summed E-state index contributed by atoms with van der Waals surface area (Å²) in [5.41, 5.74) is 6.81. The Bertz CT molecular complexity index is 745. The van der Waals surface area contributed by atoms with Gasteiger partial charge in [-0.3, -0.25) is 4.79 Å². The van der Waals surface area contributed by atoms with E-state index in [4.69, 9.17) is 29.4 Å². The van der Waals surface area contributed by atoms with Crippen LogP contribution in [0.4, 0.5) is 0 Å². The largest absolute Gasteiger partial charge is 0.466 e. The predicted molar refractivity (Wildman–Crippen MR) is 106 cm³/mol. The van der Waals surface area contributed by atoms with Gasteiger partial charge in [-0.25, -0.2) is 9.59 Å². The monoisotopic (exact) mass is 423 g/mol. The van der Waals surface area contributed by atoms with Crippen LogP contribution < -0.4 is 15.2 Å². The summed E-state index contributed by atoms with van der Waals surface area (Å²) in [5.74, 6) is -4.28. The van der Waals surface area contributed by atoms with Gasteiger partial charge in [0.2, 0.25) is 0 Å². The van der Waals surface area contributed by atoms with E-state index < -0.39 is 23.8 Å². The number of ether oxygens (including phenoxy) is 5. The second-order valence-electron chi connectivity index (χ2n) is 6.79. The molecule has 0 aromatic heterocycles. The molecule has 30 heavy (non-hydrogen) atoms. The number of carbonyl (C=O) groups is 3. The van der Waals surface area contributed by atoms with Gasteiger partial charge in [-0.15, -0.1) is 0 Å². The molecular formula is C21H29NO8. The number of nitrogens with two attached hydrogens (primary N) is 1. The van der Waals surface area contributed by atoms with Gasteiger partial charge in [-0.05, 0) is 44.4 Å². The molecule has 0 radical (unpaired) electrons. The number of unbranched alkanes of at least 4 members (excludes halogenated alkanes) is 1. The number of esters is 3. The van der Waals surface area contributed by atoms with Crippen molar-refractivity contribution in [2.24, 2.45) is 5.73 Å². The summed E-state index contributed by atoms with van der Waals surface area (Å²) >= 11 is 0. The third kappa shape index (κ3) is 5.63. The van der Waals surface area contributed by atoms with Crippen molar-refractivity contribution < 1.29 is 38.1 Å². The van der Waals surface area contributed by atoms with Crippen LogP contribution in [0.2, 0.25) is 0 Å². The van der Waals surface area contributed by atoms with E-state index >= 15 is 0 Å².